The predicted octanol–water partition coefficient (Wildman–Crippen LogP) is 4.91. The number of nitro benzene ring substituents is 1. The number of benzene rings is 2. The van der Waals surface area contributed by atoms with Crippen LogP contribution < -0.4 is 10.1 Å². The molecule has 30 heavy (non-hydrogen) atoms. The zero-order chi connectivity index (χ0) is 21.7. The van der Waals surface area contributed by atoms with Gasteiger partial charge in [-0.25, -0.2) is 9.78 Å². The number of anilines is 1. The highest BCUT2D eigenvalue weighted by Gasteiger charge is 2.22. The van der Waals surface area contributed by atoms with Gasteiger partial charge in [-0.05, 0) is 48.0 Å². The number of amides is 1. The van der Waals surface area contributed by atoms with Gasteiger partial charge in [0.15, 0.2) is 0 Å². The van der Waals surface area contributed by atoms with Crippen LogP contribution in [0.15, 0.2) is 66.9 Å². The maximum absolute atomic E-state index is 12.1. The third-order valence-electron chi connectivity index (χ3n) is 4.24. The number of rotatable bonds is 6. The van der Waals surface area contributed by atoms with Gasteiger partial charge in [-0.1, -0.05) is 17.7 Å². The van der Waals surface area contributed by atoms with E-state index in [1.807, 2.05) is 6.07 Å². The van der Waals surface area contributed by atoms with Crippen molar-refractivity contribution in [2.45, 2.75) is 6.04 Å². The molecule has 154 valence electrons. The summed E-state index contributed by atoms with van der Waals surface area (Å²) < 4.78 is 5.52. The van der Waals surface area contributed by atoms with Gasteiger partial charge in [-0.15, -0.1) is 0 Å². The summed E-state index contributed by atoms with van der Waals surface area (Å²) >= 11 is 6.23. The zero-order valence-electron chi connectivity index (χ0n) is 16.3. The summed E-state index contributed by atoms with van der Waals surface area (Å²) in [7, 11) is 3.16. The number of nitro groups is 1. The SMILES string of the molecule is CN(C)C(=O)Oc1ccc(Cl)cc1C(Nc1ccccn1)c1ccc([N+](=O)[O-])cc1. The van der Waals surface area contributed by atoms with E-state index in [0.29, 0.717) is 27.7 Å². The second-order valence-electron chi connectivity index (χ2n) is 6.59. The highest BCUT2D eigenvalue weighted by atomic mass is 35.5. The average molecular weight is 427 g/mol. The Morgan fingerprint density at radius 2 is 1.90 bits per heavy atom. The Morgan fingerprint density at radius 3 is 2.50 bits per heavy atom. The third-order valence-corrected chi connectivity index (χ3v) is 4.47. The van der Waals surface area contributed by atoms with Crippen LogP contribution in [0.3, 0.4) is 0 Å². The Balaban J connectivity index is 2.08. The molecular weight excluding hydrogens is 408 g/mol. The lowest BCUT2D eigenvalue weighted by Crippen LogP contribution is -2.26. The van der Waals surface area contributed by atoms with Crippen LogP contribution in [-0.4, -0.2) is 35.0 Å². The number of aromatic nitrogens is 1. The van der Waals surface area contributed by atoms with Crippen molar-refractivity contribution >= 4 is 29.2 Å². The van der Waals surface area contributed by atoms with Crippen LogP contribution in [0.25, 0.3) is 0 Å². The zero-order valence-corrected chi connectivity index (χ0v) is 17.0. The Morgan fingerprint density at radius 1 is 1.17 bits per heavy atom. The molecule has 0 aliphatic carbocycles. The van der Waals surface area contributed by atoms with E-state index in [1.165, 1.54) is 17.0 Å². The molecule has 1 heterocycles. The molecule has 0 fully saturated rings. The first-order chi connectivity index (χ1) is 14.3. The van der Waals surface area contributed by atoms with Gasteiger partial charge in [0.05, 0.1) is 11.0 Å². The van der Waals surface area contributed by atoms with Crippen molar-refractivity contribution in [2.24, 2.45) is 0 Å². The molecule has 0 radical (unpaired) electrons. The van der Waals surface area contributed by atoms with Crippen LogP contribution in [0.1, 0.15) is 17.2 Å². The number of ether oxygens (including phenoxy) is 1. The van der Waals surface area contributed by atoms with E-state index in [2.05, 4.69) is 10.3 Å². The number of pyridine rings is 1. The van der Waals surface area contributed by atoms with Gasteiger partial charge in [0.1, 0.15) is 11.6 Å². The minimum Gasteiger partial charge on any atom is -0.410 e. The van der Waals surface area contributed by atoms with Crippen LogP contribution in [0.4, 0.5) is 16.3 Å². The van der Waals surface area contributed by atoms with E-state index >= 15 is 0 Å². The van der Waals surface area contributed by atoms with Gasteiger partial charge < -0.3 is 15.0 Å². The largest absolute Gasteiger partial charge is 0.414 e. The summed E-state index contributed by atoms with van der Waals surface area (Å²) in [6.07, 6.45) is 1.10. The van der Waals surface area contributed by atoms with Crippen LogP contribution in [0.2, 0.25) is 5.02 Å². The smallest absolute Gasteiger partial charge is 0.410 e. The lowest BCUT2D eigenvalue weighted by molar-refractivity contribution is -0.384. The Hall–Kier alpha value is -3.65. The Bertz CT molecular complexity index is 1040. The molecule has 1 unspecified atom stereocenters. The number of carbonyl (C=O) groups is 1. The first-order valence-electron chi connectivity index (χ1n) is 8.95. The van der Waals surface area contributed by atoms with Crippen molar-refractivity contribution in [1.29, 1.82) is 0 Å². The number of hydrogen-bond donors (Lipinski definition) is 1. The van der Waals surface area contributed by atoms with Crippen molar-refractivity contribution in [2.75, 3.05) is 19.4 Å². The van der Waals surface area contributed by atoms with Crippen LogP contribution in [-0.2, 0) is 0 Å². The number of carbonyl (C=O) groups excluding carboxylic acids is 1. The minimum atomic E-state index is -0.543. The monoisotopic (exact) mass is 426 g/mol. The molecule has 0 saturated carbocycles. The van der Waals surface area contributed by atoms with Crippen molar-refractivity contribution in [3.63, 3.8) is 0 Å². The topological polar surface area (TPSA) is 97.6 Å². The third kappa shape index (κ3) is 5.03. The molecule has 0 aliphatic heterocycles. The van der Waals surface area contributed by atoms with Gasteiger partial charge in [0.25, 0.3) is 5.69 Å². The Kier molecular flexibility index (Phi) is 6.48. The van der Waals surface area contributed by atoms with Crippen LogP contribution in [0, 0.1) is 10.1 Å². The maximum Gasteiger partial charge on any atom is 0.414 e. The number of non-ortho nitro benzene ring substituents is 1. The summed E-state index contributed by atoms with van der Waals surface area (Å²) in [6, 6.07) is 15.9. The van der Waals surface area contributed by atoms with E-state index in [0.717, 1.165) is 0 Å². The lowest BCUT2D eigenvalue weighted by atomic mass is 9.97. The summed E-state index contributed by atoms with van der Waals surface area (Å²) in [6.45, 7) is 0. The molecule has 1 atom stereocenters. The molecule has 3 aromatic rings. The van der Waals surface area contributed by atoms with Gasteiger partial charge in [0.2, 0.25) is 0 Å². The average Bonchev–Trinajstić information content (AvgIpc) is 2.74. The first-order valence-corrected chi connectivity index (χ1v) is 9.33. The summed E-state index contributed by atoms with van der Waals surface area (Å²) in [4.78, 5) is 28.3. The quantitative estimate of drug-likeness (QED) is 0.444. The van der Waals surface area contributed by atoms with E-state index in [4.69, 9.17) is 16.3 Å². The molecule has 0 spiro atoms. The van der Waals surface area contributed by atoms with E-state index in [1.54, 1.807) is 62.8 Å². The van der Waals surface area contributed by atoms with Crippen LogP contribution in [0.5, 0.6) is 5.75 Å². The molecule has 1 aromatic heterocycles. The van der Waals surface area contributed by atoms with Gasteiger partial charge in [-0.2, -0.15) is 0 Å². The number of hydrogen-bond acceptors (Lipinski definition) is 6. The molecule has 1 N–H and O–H groups in total. The maximum atomic E-state index is 12.1. The fourth-order valence-corrected chi connectivity index (χ4v) is 2.93. The highest BCUT2D eigenvalue weighted by molar-refractivity contribution is 6.30. The second kappa shape index (κ2) is 9.23. The summed E-state index contributed by atoms with van der Waals surface area (Å²) in [5.41, 5.74) is 1.26. The van der Waals surface area contributed by atoms with E-state index in [9.17, 15) is 14.9 Å². The molecule has 0 aliphatic rings. The second-order valence-corrected chi connectivity index (χ2v) is 7.02. The Labute approximate surface area is 178 Å². The van der Waals surface area contributed by atoms with Crippen molar-refractivity contribution in [3.8, 4) is 5.75 Å². The normalized spacial score (nSPS) is 11.4. The summed E-state index contributed by atoms with van der Waals surface area (Å²) in [5, 5.41) is 14.8. The fourth-order valence-electron chi connectivity index (χ4n) is 2.75. The predicted molar refractivity (Wildman–Crippen MR) is 114 cm³/mol. The van der Waals surface area contributed by atoms with Crippen molar-refractivity contribution in [3.05, 3.63) is 93.1 Å². The van der Waals surface area contributed by atoms with Gasteiger partial charge in [0, 0.05) is 43.0 Å². The summed E-state index contributed by atoms with van der Waals surface area (Å²) in [5.74, 6) is 0.885. The fraction of sp³-hybridized carbons (Fsp3) is 0.143. The molecule has 0 bridgehead atoms. The van der Waals surface area contributed by atoms with E-state index in [-0.39, 0.29) is 5.69 Å². The van der Waals surface area contributed by atoms with Crippen LogP contribution >= 0.6 is 11.6 Å². The van der Waals surface area contributed by atoms with Gasteiger partial charge >= 0.3 is 6.09 Å². The molecule has 9 heteroatoms. The van der Waals surface area contributed by atoms with Crippen molar-refractivity contribution < 1.29 is 14.5 Å². The number of halogens is 1. The number of nitrogens with one attached hydrogen (secondary N) is 1. The lowest BCUT2D eigenvalue weighted by Gasteiger charge is -2.23. The molecule has 1 amide bonds. The number of nitrogens with zero attached hydrogens (tertiary/aromatic N) is 3. The molecule has 8 nitrogen and oxygen atoms in total. The van der Waals surface area contributed by atoms with E-state index < -0.39 is 17.1 Å². The molecule has 0 saturated heterocycles. The van der Waals surface area contributed by atoms with Crippen molar-refractivity contribution in [1.82, 2.24) is 9.88 Å². The molecule has 2 aromatic carbocycles. The van der Waals surface area contributed by atoms with Gasteiger partial charge in [-0.3, -0.25) is 10.1 Å². The minimum absolute atomic E-state index is 0.0271. The molecular formula is C21H19ClN4O4. The standard InChI is InChI=1S/C21H19ClN4O4/c1-25(2)21(27)30-18-11-8-15(22)13-17(18)20(24-19-5-3-4-12-23-19)14-6-9-16(10-7-14)26(28)29/h3-13,20H,1-2H3,(H,23,24). The molecule has 3 rings (SSSR count). The highest BCUT2D eigenvalue weighted by Crippen LogP contribution is 2.35. The first kappa shape index (κ1) is 21.1.